The number of aromatic nitrogens is 1. The van der Waals surface area contributed by atoms with Gasteiger partial charge in [0.15, 0.2) is 0 Å². The van der Waals surface area contributed by atoms with Crippen LogP contribution in [-0.4, -0.2) is 29.4 Å². The monoisotopic (exact) mass is 366 g/mol. The van der Waals surface area contributed by atoms with Crippen LogP contribution in [0.5, 0.6) is 0 Å². The summed E-state index contributed by atoms with van der Waals surface area (Å²) in [5, 5.41) is 0. The van der Waals surface area contributed by atoms with Crippen molar-refractivity contribution in [2.75, 3.05) is 13.6 Å². The van der Waals surface area contributed by atoms with E-state index in [1.807, 2.05) is 43.4 Å². The van der Waals surface area contributed by atoms with E-state index in [4.69, 9.17) is 0 Å². The van der Waals surface area contributed by atoms with Crippen molar-refractivity contribution in [1.29, 1.82) is 0 Å². The highest BCUT2D eigenvalue weighted by Crippen LogP contribution is 2.10. The Morgan fingerprint density at radius 2 is 2.00 bits per heavy atom. The number of nitrogens with zero attached hydrogens (tertiary/aromatic N) is 2. The van der Waals surface area contributed by atoms with Crippen molar-refractivity contribution in [1.82, 2.24) is 9.88 Å². The predicted molar refractivity (Wildman–Crippen MR) is 84.1 cm³/mol. The van der Waals surface area contributed by atoms with E-state index in [-0.39, 0.29) is 5.91 Å². The number of rotatable bonds is 4. The average molecular weight is 366 g/mol. The molecule has 1 aromatic heterocycles. The van der Waals surface area contributed by atoms with Crippen LogP contribution in [0.25, 0.3) is 0 Å². The maximum atomic E-state index is 12.2. The van der Waals surface area contributed by atoms with Crippen LogP contribution in [0.1, 0.15) is 15.9 Å². The highest BCUT2D eigenvalue weighted by Gasteiger charge is 2.11. The van der Waals surface area contributed by atoms with Crippen molar-refractivity contribution in [3.8, 4) is 0 Å². The molecule has 2 aromatic rings. The molecule has 0 radical (unpaired) electrons. The zero-order chi connectivity index (χ0) is 13.7. The standard InChI is InChI=1S/C15H15IN2O/c1-18(10-7-12-5-8-17-9-6-12)15(19)13-3-2-4-14(16)11-13/h2-6,8-9,11H,7,10H2,1H3. The second-order valence-electron chi connectivity index (χ2n) is 4.34. The fourth-order valence-corrected chi connectivity index (χ4v) is 2.33. The highest BCUT2D eigenvalue weighted by atomic mass is 127. The van der Waals surface area contributed by atoms with Gasteiger partial charge < -0.3 is 4.90 Å². The Morgan fingerprint density at radius 3 is 2.68 bits per heavy atom. The summed E-state index contributed by atoms with van der Waals surface area (Å²) in [7, 11) is 1.84. The number of hydrogen-bond acceptors (Lipinski definition) is 2. The summed E-state index contributed by atoms with van der Waals surface area (Å²) in [6.45, 7) is 0.703. The van der Waals surface area contributed by atoms with E-state index in [1.165, 1.54) is 5.56 Å². The molecule has 0 aliphatic carbocycles. The molecule has 0 unspecified atom stereocenters. The molecule has 0 saturated heterocycles. The Labute approximate surface area is 126 Å². The molecule has 0 N–H and O–H groups in total. The first-order valence-corrected chi connectivity index (χ1v) is 7.14. The number of pyridine rings is 1. The van der Waals surface area contributed by atoms with Gasteiger partial charge in [0.1, 0.15) is 0 Å². The maximum absolute atomic E-state index is 12.2. The summed E-state index contributed by atoms with van der Waals surface area (Å²) in [6, 6.07) is 11.6. The Hall–Kier alpha value is -1.43. The molecular formula is C15H15IN2O. The molecular weight excluding hydrogens is 351 g/mol. The van der Waals surface area contributed by atoms with Gasteiger partial charge in [-0.3, -0.25) is 9.78 Å². The minimum absolute atomic E-state index is 0.0626. The number of carbonyl (C=O) groups excluding carboxylic acids is 1. The van der Waals surface area contributed by atoms with Gasteiger partial charge in [-0.05, 0) is 64.9 Å². The number of hydrogen-bond donors (Lipinski definition) is 0. The van der Waals surface area contributed by atoms with Gasteiger partial charge >= 0.3 is 0 Å². The van der Waals surface area contributed by atoms with Crippen molar-refractivity contribution < 1.29 is 4.79 Å². The lowest BCUT2D eigenvalue weighted by Crippen LogP contribution is -2.28. The summed E-state index contributed by atoms with van der Waals surface area (Å²) >= 11 is 2.22. The van der Waals surface area contributed by atoms with Crippen LogP contribution in [-0.2, 0) is 6.42 Å². The maximum Gasteiger partial charge on any atom is 0.253 e. The molecule has 1 heterocycles. The molecule has 0 saturated carbocycles. The first kappa shape index (κ1) is 14.0. The number of halogens is 1. The van der Waals surface area contributed by atoms with Crippen LogP contribution in [0.4, 0.5) is 0 Å². The third-order valence-corrected chi connectivity index (χ3v) is 3.57. The predicted octanol–water partition coefficient (Wildman–Crippen LogP) is 3.00. The summed E-state index contributed by atoms with van der Waals surface area (Å²) < 4.78 is 1.07. The molecule has 0 spiro atoms. The Balaban J connectivity index is 1.96. The Bertz CT molecular complexity index is 557. The van der Waals surface area contributed by atoms with Gasteiger partial charge in [0.05, 0.1) is 0 Å². The molecule has 0 aliphatic heterocycles. The fourth-order valence-electron chi connectivity index (χ4n) is 1.79. The summed E-state index contributed by atoms with van der Waals surface area (Å²) in [5.41, 5.74) is 1.93. The molecule has 2 rings (SSSR count). The molecule has 1 amide bonds. The second-order valence-corrected chi connectivity index (χ2v) is 5.59. The first-order valence-electron chi connectivity index (χ1n) is 6.07. The van der Waals surface area contributed by atoms with Crippen molar-refractivity contribution in [3.63, 3.8) is 0 Å². The molecule has 0 bridgehead atoms. The van der Waals surface area contributed by atoms with E-state index in [9.17, 15) is 4.79 Å². The quantitative estimate of drug-likeness (QED) is 0.780. The van der Waals surface area contributed by atoms with Gasteiger partial charge in [-0.15, -0.1) is 0 Å². The second kappa shape index (κ2) is 6.65. The third-order valence-electron chi connectivity index (χ3n) is 2.90. The topological polar surface area (TPSA) is 33.2 Å². The van der Waals surface area contributed by atoms with Gasteiger partial charge in [-0.1, -0.05) is 6.07 Å². The number of amides is 1. The Morgan fingerprint density at radius 1 is 1.26 bits per heavy atom. The van der Waals surface area contributed by atoms with E-state index in [0.717, 1.165) is 15.6 Å². The largest absolute Gasteiger partial charge is 0.341 e. The average Bonchev–Trinajstić information content (AvgIpc) is 2.45. The van der Waals surface area contributed by atoms with Gasteiger partial charge in [-0.2, -0.15) is 0 Å². The fraction of sp³-hybridized carbons (Fsp3) is 0.200. The number of carbonyl (C=O) groups is 1. The van der Waals surface area contributed by atoms with E-state index in [0.29, 0.717) is 6.54 Å². The van der Waals surface area contributed by atoms with Crippen LogP contribution in [0, 0.1) is 3.57 Å². The SMILES string of the molecule is CN(CCc1ccncc1)C(=O)c1cccc(I)c1. The van der Waals surface area contributed by atoms with E-state index in [1.54, 1.807) is 17.3 Å². The van der Waals surface area contributed by atoms with Crippen LogP contribution in [0.2, 0.25) is 0 Å². The minimum atomic E-state index is 0.0626. The molecule has 0 fully saturated rings. The van der Waals surface area contributed by atoms with Crippen LogP contribution >= 0.6 is 22.6 Å². The molecule has 3 nitrogen and oxygen atoms in total. The molecule has 19 heavy (non-hydrogen) atoms. The van der Waals surface area contributed by atoms with Gasteiger partial charge in [0.25, 0.3) is 5.91 Å². The van der Waals surface area contributed by atoms with Gasteiger partial charge in [-0.25, -0.2) is 0 Å². The third kappa shape index (κ3) is 4.02. The van der Waals surface area contributed by atoms with Crippen LogP contribution in [0.15, 0.2) is 48.8 Å². The van der Waals surface area contributed by atoms with Crippen LogP contribution in [0.3, 0.4) is 0 Å². The van der Waals surface area contributed by atoms with Gasteiger partial charge in [0, 0.05) is 35.1 Å². The lowest BCUT2D eigenvalue weighted by atomic mass is 10.1. The molecule has 0 aliphatic rings. The minimum Gasteiger partial charge on any atom is -0.341 e. The van der Waals surface area contributed by atoms with Gasteiger partial charge in [0.2, 0.25) is 0 Å². The Kier molecular flexibility index (Phi) is 4.90. The van der Waals surface area contributed by atoms with E-state index >= 15 is 0 Å². The van der Waals surface area contributed by atoms with Crippen molar-refractivity contribution in [2.45, 2.75) is 6.42 Å². The summed E-state index contributed by atoms with van der Waals surface area (Å²) in [6.07, 6.45) is 4.39. The number of likely N-dealkylation sites (N-methyl/N-ethyl adjacent to an activating group) is 1. The first-order chi connectivity index (χ1) is 9.16. The van der Waals surface area contributed by atoms with E-state index < -0.39 is 0 Å². The molecule has 0 atom stereocenters. The number of benzene rings is 1. The highest BCUT2D eigenvalue weighted by molar-refractivity contribution is 14.1. The normalized spacial score (nSPS) is 10.2. The molecule has 98 valence electrons. The van der Waals surface area contributed by atoms with Crippen molar-refractivity contribution in [3.05, 3.63) is 63.5 Å². The van der Waals surface area contributed by atoms with Crippen molar-refractivity contribution in [2.24, 2.45) is 0 Å². The van der Waals surface area contributed by atoms with Crippen LogP contribution < -0.4 is 0 Å². The lowest BCUT2D eigenvalue weighted by molar-refractivity contribution is 0.0796. The zero-order valence-electron chi connectivity index (χ0n) is 10.7. The summed E-state index contributed by atoms with van der Waals surface area (Å²) in [4.78, 5) is 18.0. The smallest absolute Gasteiger partial charge is 0.253 e. The lowest BCUT2D eigenvalue weighted by Gasteiger charge is -2.17. The van der Waals surface area contributed by atoms with Crippen molar-refractivity contribution >= 4 is 28.5 Å². The molecule has 4 heteroatoms. The zero-order valence-corrected chi connectivity index (χ0v) is 12.9. The van der Waals surface area contributed by atoms with E-state index in [2.05, 4.69) is 27.6 Å². The molecule has 1 aromatic carbocycles. The summed E-state index contributed by atoms with van der Waals surface area (Å²) in [5.74, 6) is 0.0626.